The van der Waals surface area contributed by atoms with Crippen LogP contribution in [0.1, 0.15) is 18.5 Å². The average molecular weight is 246 g/mol. The lowest BCUT2D eigenvalue weighted by molar-refractivity contribution is -0.141. The minimum Gasteiger partial charge on any atom is -0.367 e. The number of aromatic nitrogens is 2. The van der Waals surface area contributed by atoms with Gasteiger partial charge in [-0.1, -0.05) is 0 Å². The highest BCUT2D eigenvalue weighted by Crippen LogP contribution is 2.28. The maximum Gasteiger partial charge on any atom is 0.433 e. The summed E-state index contributed by atoms with van der Waals surface area (Å²) in [6, 6.07) is 1.12. The number of piperidine rings is 1. The lowest BCUT2D eigenvalue weighted by Crippen LogP contribution is -2.35. The van der Waals surface area contributed by atoms with Crippen molar-refractivity contribution in [2.45, 2.75) is 25.1 Å². The van der Waals surface area contributed by atoms with E-state index in [4.69, 9.17) is 0 Å². The third-order valence-electron chi connectivity index (χ3n) is 2.65. The molecule has 1 aromatic rings. The Hall–Kier alpha value is -1.37. The van der Waals surface area contributed by atoms with Gasteiger partial charge in [0.2, 0.25) is 0 Å². The Balaban J connectivity index is 2.05. The van der Waals surface area contributed by atoms with E-state index in [9.17, 15) is 13.2 Å². The zero-order chi connectivity index (χ0) is 12.3. The monoisotopic (exact) mass is 246 g/mol. The molecule has 0 spiro atoms. The van der Waals surface area contributed by atoms with Crippen molar-refractivity contribution in [3.63, 3.8) is 0 Å². The first kappa shape index (κ1) is 12.1. The van der Waals surface area contributed by atoms with Crippen LogP contribution in [-0.4, -0.2) is 29.1 Å². The van der Waals surface area contributed by atoms with Crippen LogP contribution in [0.4, 0.5) is 19.0 Å². The number of anilines is 1. The van der Waals surface area contributed by atoms with Crippen molar-refractivity contribution < 1.29 is 13.2 Å². The number of alkyl halides is 3. The van der Waals surface area contributed by atoms with Gasteiger partial charge in [-0.2, -0.15) is 13.2 Å². The van der Waals surface area contributed by atoms with E-state index in [2.05, 4.69) is 20.6 Å². The fourth-order valence-electron chi connectivity index (χ4n) is 1.77. The summed E-state index contributed by atoms with van der Waals surface area (Å²) in [7, 11) is 0. The second-order valence-corrected chi connectivity index (χ2v) is 3.95. The van der Waals surface area contributed by atoms with E-state index in [0.717, 1.165) is 38.3 Å². The summed E-state index contributed by atoms with van der Waals surface area (Å²) in [5, 5.41) is 6.19. The van der Waals surface area contributed by atoms with Gasteiger partial charge in [-0.25, -0.2) is 9.97 Å². The Labute approximate surface area is 96.7 Å². The van der Waals surface area contributed by atoms with Gasteiger partial charge in [0.05, 0.1) is 0 Å². The van der Waals surface area contributed by atoms with E-state index in [1.807, 2.05) is 0 Å². The van der Waals surface area contributed by atoms with E-state index < -0.39 is 11.9 Å². The standard InChI is InChI=1S/C10H13F3N4/c11-10(12,13)8-5-9(16-6-15-8)17-7-1-3-14-4-2-7/h5-7,14H,1-4H2,(H,15,16,17). The number of nitrogens with one attached hydrogen (secondary N) is 2. The number of rotatable bonds is 2. The van der Waals surface area contributed by atoms with Gasteiger partial charge >= 0.3 is 6.18 Å². The van der Waals surface area contributed by atoms with Crippen LogP contribution in [0, 0.1) is 0 Å². The van der Waals surface area contributed by atoms with Gasteiger partial charge in [-0.3, -0.25) is 0 Å². The van der Waals surface area contributed by atoms with Crippen molar-refractivity contribution in [3.05, 3.63) is 18.1 Å². The highest BCUT2D eigenvalue weighted by molar-refractivity contribution is 5.36. The minimum atomic E-state index is -4.42. The van der Waals surface area contributed by atoms with Gasteiger partial charge in [0.15, 0.2) is 0 Å². The Kier molecular flexibility index (Phi) is 3.46. The van der Waals surface area contributed by atoms with Crippen LogP contribution in [0.3, 0.4) is 0 Å². The fraction of sp³-hybridized carbons (Fsp3) is 0.600. The fourth-order valence-corrected chi connectivity index (χ4v) is 1.77. The molecule has 1 aliphatic rings. The molecule has 0 atom stereocenters. The lowest BCUT2D eigenvalue weighted by atomic mass is 10.1. The van der Waals surface area contributed by atoms with Crippen molar-refractivity contribution >= 4 is 5.82 Å². The Morgan fingerprint density at radius 1 is 1.24 bits per heavy atom. The molecule has 1 aliphatic heterocycles. The van der Waals surface area contributed by atoms with Crippen molar-refractivity contribution in [2.75, 3.05) is 18.4 Å². The van der Waals surface area contributed by atoms with Gasteiger partial charge in [0.1, 0.15) is 17.8 Å². The molecule has 2 rings (SSSR count). The molecule has 0 saturated carbocycles. The lowest BCUT2D eigenvalue weighted by Gasteiger charge is -2.24. The van der Waals surface area contributed by atoms with Gasteiger partial charge in [0, 0.05) is 12.1 Å². The summed E-state index contributed by atoms with van der Waals surface area (Å²) in [4.78, 5) is 7.02. The largest absolute Gasteiger partial charge is 0.433 e. The molecular formula is C10H13F3N4. The van der Waals surface area contributed by atoms with E-state index >= 15 is 0 Å². The SMILES string of the molecule is FC(F)(F)c1cc(NC2CCNCC2)ncn1. The van der Waals surface area contributed by atoms with Crippen molar-refractivity contribution in [1.29, 1.82) is 0 Å². The molecule has 1 saturated heterocycles. The van der Waals surface area contributed by atoms with Gasteiger partial charge in [-0.15, -0.1) is 0 Å². The summed E-state index contributed by atoms with van der Waals surface area (Å²) < 4.78 is 37.3. The zero-order valence-corrected chi connectivity index (χ0v) is 9.09. The molecule has 4 nitrogen and oxygen atoms in total. The first-order valence-corrected chi connectivity index (χ1v) is 5.42. The summed E-state index contributed by atoms with van der Waals surface area (Å²) in [6.45, 7) is 1.74. The van der Waals surface area contributed by atoms with Crippen LogP contribution in [0.25, 0.3) is 0 Å². The summed E-state index contributed by atoms with van der Waals surface area (Å²) >= 11 is 0. The molecule has 0 bridgehead atoms. The van der Waals surface area contributed by atoms with E-state index in [0.29, 0.717) is 0 Å². The first-order chi connectivity index (χ1) is 8.05. The van der Waals surface area contributed by atoms with E-state index in [1.54, 1.807) is 0 Å². The van der Waals surface area contributed by atoms with Gasteiger partial charge in [0.25, 0.3) is 0 Å². The Morgan fingerprint density at radius 2 is 1.94 bits per heavy atom. The highest BCUT2D eigenvalue weighted by Gasteiger charge is 2.32. The molecule has 17 heavy (non-hydrogen) atoms. The molecule has 1 fully saturated rings. The van der Waals surface area contributed by atoms with Crippen LogP contribution in [0.2, 0.25) is 0 Å². The quantitative estimate of drug-likeness (QED) is 0.833. The van der Waals surface area contributed by atoms with Crippen LogP contribution in [0.15, 0.2) is 12.4 Å². The highest BCUT2D eigenvalue weighted by atomic mass is 19.4. The van der Waals surface area contributed by atoms with Crippen LogP contribution >= 0.6 is 0 Å². The molecular weight excluding hydrogens is 233 g/mol. The second kappa shape index (κ2) is 4.87. The zero-order valence-electron chi connectivity index (χ0n) is 9.09. The smallest absolute Gasteiger partial charge is 0.367 e. The third kappa shape index (κ3) is 3.29. The summed E-state index contributed by atoms with van der Waals surface area (Å²) in [5.74, 6) is 0.235. The first-order valence-electron chi connectivity index (χ1n) is 5.42. The molecule has 0 unspecified atom stereocenters. The Morgan fingerprint density at radius 3 is 2.59 bits per heavy atom. The minimum absolute atomic E-state index is 0.173. The maximum atomic E-state index is 12.4. The summed E-state index contributed by atoms with van der Waals surface area (Å²) in [6.07, 6.45) is -1.73. The number of nitrogens with zero attached hydrogens (tertiary/aromatic N) is 2. The molecule has 0 amide bonds. The predicted octanol–water partition coefficient (Wildman–Crippen LogP) is 1.66. The van der Waals surface area contributed by atoms with Crippen molar-refractivity contribution in [2.24, 2.45) is 0 Å². The Bertz CT molecular complexity index is 374. The molecule has 2 heterocycles. The molecule has 1 aromatic heterocycles. The van der Waals surface area contributed by atoms with Crippen LogP contribution in [-0.2, 0) is 6.18 Å². The molecule has 0 radical (unpaired) electrons. The van der Waals surface area contributed by atoms with E-state index in [1.165, 1.54) is 0 Å². The molecule has 2 N–H and O–H groups in total. The van der Waals surface area contributed by atoms with Crippen molar-refractivity contribution in [3.8, 4) is 0 Å². The van der Waals surface area contributed by atoms with Crippen LogP contribution in [0.5, 0.6) is 0 Å². The second-order valence-electron chi connectivity index (χ2n) is 3.95. The molecule has 7 heteroatoms. The molecule has 94 valence electrons. The predicted molar refractivity (Wildman–Crippen MR) is 56.5 cm³/mol. The number of hydrogen-bond donors (Lipinski definition) is 2. The molecule has 0 aromatic carbocycles. The maximum absolute atomic E-state index is 12.4. The third-order valence-corrected chi connectivity index (χ3v) is 2.65. The van der Waals surface area contributed by atoms with Crippen molar-refractivity contribution in [1.82, 2.24) is 15.3 Å². The summed E-state index contributed by atoms with van der Waals surface area (Å²) in [5.41, 5.74) is -0.913. The van der Waals surface area contributed by atoms with Crippen LogP contribution < -0.4 is 10.6 Å². The average Bonchev–Trinajstić information content (AvgIpc) is 2.29. The number of halogens is 3. The van der Waals surface area contributed by atoms with E-state index in [-0.39, 0.29) is 11.9 Å². The van der Waals surface area contributed by atoms with Gasteiger partial charge in [-0.05, 0) is 25.9 Å². The van der Waals surface area contributed by atoms with Gasteiger partial charge < -0.3 is 10.6 Å². The molecule has 0 aliphatic carbocycles. The topological polar surface area (TPSA) is 49.8 Å². The normalized spacial score (nSPS) is 18.1. The number of hydrogen-bond acceptors (Lipinski definition) is 4.